The van der Waals surface area contributed by atoms with E-state index in [4.69, 9.17) is 9.47 Å². The molecule has 3 heterocycles. The lowest BCUT2D eigenvalue weighted by atomic mass is 9.35. The summed E-state index contributed by atoms with van der Waals surface area (Å²) in [5.74, 6) is 1.99. The molecule has 1 saturated heterocycles. The fourth-order valence-corrected chi connectivity index (χ4v) is 9.74. The molecule has 4 bridgehead atoms. The second-order valence-corrected chi connectivity index (χ2v) is 12.9. The number of aromatic hydroxyl groups is 1. The van der Waals surface area contributed by atoms with Gasteiger partial charge in [-0.3, -0.25) is 9.69 Å². The molecule has 4 saturated carbocycles. The van der Waals surface area contributed by atoms with Crippen molar-refractivity contribution in [3.05, 3.63) is 23.3 Å². The minimum Gasteiger partial charge on any atom is -0.504 e. The van der Waals surface area contributed by atoms with Gasteiger partial charge in [-0.2, -0.15) is 5.11 Å². The summed E-state index contributed by atoms with van der Waals surface area (Å²) >= 11 is 0. The van der Waals surface area contributed by atoms with Gasteiger partial charge in [0, 0.05) is 55.0 Å². The Bertz CT molecular complexity index is 1260. The quantitative estimate of drug-likeness (QED) is 0.548. The highest BCUT2D eigenvalue weighted by molar-refractivity contribution is 5.90. The molecule has 38 heavy (non-hydrogen) atoms. The molecule has 5 fully saturated rings. The topological polar surface area (TPSA) is 108 Å². The summed E-state index contributed by atoms with van der Waals surface area (Å²) in [6.45, 7) is 3.37. The maximum atomic E-state index is 12.9. The number of fused-ring (bicyclic) bond motifs is 2. The van der Waals surface area contributed by atoms with Crippen LogP contribution in [0.5, 0.6) is 11.5 Å². The van der Waals surface area contributed by atoms with Gasteiger partial charge in [0.1, 0.15) is 18.2 Å². The van der Waals surface area contributed by atoms with E-state index in [1.54, 1.807) is 0 Å². The lowest BCUT2D eigenvalue weighted by molar-refractivity contribution is -0.276. The minimum atomic E-state index is -0.494. The van der Waals surface area contributed by atoms with Gasteiger partial charge in [0.15, 0.2) is 11.5 Å². The number of benzene rings is 1. The fraction of sp³-hybridized carbons (Fsp3) is 0.724. The van der Waals surface area contributed by atoms with Gasteiger partial charge in [0.05, 0.1) is 5.71 Å². The molecule has 2 N–H and O–H groups in total. The van der Waals surface area contributed by atoms with Crippen LogP contribution >= 0.6 is 0 Å². The molecule has 9 rings (SSSR count). The molecule has 1 aromatic carbocycles. The van der Waals surface area contributed by atoms with E-state index >= 15 is 0 Å². The molecule has 9 nitrogen and oxygen atoms in total. The monoisotopic (exact) mass is 519 g/mol. The minimum absolute atomic E-state index is 0.0364. The normalized spacial score (nSPS) is 39.6. The molecule has 0 aromatic heterocycles. The third-order valence-electron chi connectivity index (χ3n) is 11.5. The molecule has 8 aliphatic rings. The second kappa shape index (κ2) is 8.01. The first kappa shape index (κ1) is 23.4. The number of amides is 1. The predicted octanol–water partition coefficient (Wildman–Crippen LogP) is 3.33. The summed E-state index contributed by atoms with van der Waals surface area (Å²) in [6.07, 6.45) is 8.68. The van der Waals surface area contributed by atoms with Crippen molar-refractivity contribution in [2.24, 2.45) is 32.7 Å². The summed E-state index contributed by atoms with van der Waals surface area (Å²) in [4.78, 5) is 15.7. The van der Waals surface area contributed by atoms with Gasteiger partial charge in [-0.1, -0.05) is 6.07 Å². The number of phenols is 1. The molecular weight excluding hydrogens is 482 g/mol. The molecule has 202 valence electrons. The maximum Gasteiger partial charge on any atom is 0.220 e. The van der Waals surface area contributed by atoms with E-state index in [0.717, 1.165) is 50.3 Å². The summed E-state index contributed by atoms with van der Waals surface area (Å²) in [6, 6.07) is 4.44. The number of phenolic OH excluding ortho intramolecular Hbond substituents is 1. The largest absolute Gasteiger partial charge is 0.504 e. The standard InChI is InChI=1S/C29H37N5O4/c1-37-29-9-8-27(13-19(29)14-30-23(36)7-5-20-15-31-33-32-20)22-12-18-4-6-21(35)25-24(18)28(27,26(29)38-25)10-11-34(22)16-17-2-3-17/h4,6,17,19,22,26,35H,2-3,5,7-16H2,1H3,(H,30,36)/t19-,22-,26?,27-,28+,29?/m1/s1. The molecule has 9 heteroatoms. The summed E-state index contributed by atoms with van der Waals surface area (Å²) in [5.41, 5.74) is 2.93. The maximum absolute atomic E-state index is 12.9. The first-order chi connectivity index (χ1) is 18.5. The summed E-state index contributed by atoms with van der Waals surface area (Å²) in [7, 11) is 1.82. The Hall–Kier alpha value is -2.52. The highest BCUT2D eigenvalue weighted by Gasteiger charge is 2.80. The number of carbonyl (C=O) groups excluding carboxylic acids is 1. The molecule has 3 aliphatic heterocycles. The van der Waals surface area contributed by atoms with Crippen LogP contribution in [0.3, 0.4) is 0 Å². The molecule has 0 radical (unpaired) electrons. The number of methoxy groups -OCH3 is 1. The van der Waals surface area contributed by atoms with E-state index < -0.39 is 5.60 Å². The fourth-order valence-electron chi connectivity index (χ4n) is 9.74. The predicted molar refractivity (Wildman–Crippen MR) is 140 cm³/mol. The van der Waals surface area contributed by atoms with Crippen molar-refractivity contribution in [2.75, 3.05) is 33.3 Å². The number of nitrogens with one attached hydrogen (secondary N) is 1. The van der Waals surface area contributed by atoms with Crippen molar-refractivity contribution in [3.63, 3.8) is 0 Å². The average molecular weight is 520 g/mol. The molecule has 1 aromatic rings. The van der Waals surface area contributed by atoms with Gasteiger partial charge in [0.25, 0.3) is 0 Å². The van der Waals surface area contributed by atoms with E-state index in [-0.39, 0.29) is 34.5 Å². The van der Waals surface area contributed by atoms with Crippen LogP contribution < -0.4 is 10.1 Å². The van der Waals surface area contributed by atoms with Crippen LogP contribution in [0.4, 0.5) is 0 Å². The van der Waals surface area contributed by atoms with Crippen molar-refractivity contribution in [1.29, 1.82) is 0 Å². The first-order valence-electron chi connectivity index (χ1n) is 14.5. The van der Waals surface area contributed by atoms with Crippen molar-refractivity contribution in [3.8, 4) is 11.5 Å². The number of hydrogen-bond acceptors (Lipinski definition) is 8. The number of piperidine rings is 1. The average Bonchev–Trinajstić information content (AvgIpc) is 3.43. The van der Waals surface area contributed by atoms with E-state index in [0.29, 0.717) is 37.7 Å². The van der Waals surface area contributed by atoms with Crippen molar-refractivity contribution < 1.29 is 19.4 Å². The second-order valence-electron chi connectivity index (χ2n) is 12.9. The van der Waals surface area contributed by atoms with E-state index in [1.165, 1.54) is 30.5 Å². The molecule has 2 spiro atoms. The van der Waals surface area contributed by atoms with Crippen LogP contribution in [0.1, 0.15) is 62.5 Å². The van der Waals surface area contributed by atoms with Gasteiger partial charge in [0.2, 0.25) is 5.91 Å². The third-order valence-corrected chi connectivity index (χ3v) is 11.5. The first-order valence-corrected chi connectivity index (χ1v) is 14.5. The molecule has 6 atom stereocenters. The smallest absolute Gasteiger partial charge is 0.220 e. The molecule has 2 unspecified atom stereocenters. The number of nitrogens with zero attached hydrogens (tertiary/aromatic N) is 4. The molecule has 5 aliphatic carbocycles. The van der Waals surface area contributed by atoms with Crippen LogP contribution in [0.15, 0.2) is 27.6 Å². The Morgan fingerprint density at radius 2 is 2.18 bits per heavy atom. The van der Waals surface area contributed by atoms with Crippen molar-refractivity contribution >= 4 is 11.6 Å². The van der Waals surface area contributed by atoms with Crippen LogP contribution in [0.2, 0.25) is 0 Å². The van der Waals surface area contributed by atoms with Crippen LogP contribution in [-0.4, -0.2) is 72.7 Å². The molecular formula is C29H37N5O4. The Labute approximate surface area is 223 Å². The van der Waals surface area contributed by atoms with Crippen molar-refractivity contribution in [2.45, 2.75) is 80.9 Å². The van der Waals surface area contributed by atoms with Gasteiger partial charge >= 0.3 is 0 Å². The number of hydrogen-bond donors (Lipinski definition) is 2. The molecule has 1 amide bonds. The summed E-state index contributed by atoms with van der Waals surface area (Å²) in [5, 5.41) is 25.8. The Morgan fingerprint density at radius 3 is 2.97 bits per heavy atom. The van der Waals surface area contributed by atoms with Crippen LogP contribution in [-0.2, 0) is 21.4 Å². The zero-order chi connectivity index (χ0) is 25.7. The Kier molecular flexibility index (Phi) is 4.92. The number of rotatable bonds is 8. The lowest BCUT2D eigenvalue weighted by Crippen LogP contribution is -2.81. The Balaban J connectivity index is 1.15. The Morgan fingerprint density at radius 1 is 1.29 bits per heavy atom. The van der Waals surface area contributed by atoms with Crippen LogP contribution in [0.25, 0.3) is 0 Å². The van der Waals surface area contributed by atoms with Gasteiger partial charge in [-0.25, -0.2) is 0 Å². The lowest BCUT2D eigenvalue weighted by Gasteiger charge is -2.74. The highest BCUT2D eigenvalue weighted by Crippen LogP contribution is 2.76. The number of ether oxygens (including phenoxy) is 2. The number of likely N-dealkylation sites (tertiary alicyclic amines) is 1. The van der Waals surface area contributed by atoms with Crippen LogP contribution in [0, 0.1) is 17.3 Å². The zero-order valence-electron chi connectivity index (χ0n) is 22.1. The van der Waals surface area contributed by atoms with Gasteiger partial charge < -0.3 is 19.9 Å². The van der Waals surface area contributed by atoms with Gasteiger partial charge in [-0.15, -0.1) is 5.10 Å². The van der Waals surface area contributed by atoms with Crippen molar-refractivity contribution in [1.82, 2.24) is 10.2 Å². The summed E-state index contributed by atoms with van der Waals surface area (Å²) < 4.78 is 13.4. The van der Waals surface area contributed by atoms with E-state index in [9.17, 15) is 9.90 Å². The highest BCUT2D eigenvalue weighted by atomic mass is 16.6. The SMILES string of the molecule is COC12CC[C@@]3(C[C@@H]1CNC(=O)CCC1=NN=NC1)[C@H]1Cc4ccc(O)c5c4[C@@]3(CCN1CC1CC1)C2O5. The van der Waals surface area contributed by atoms with E-state index in [1.807, 2.05) is 13.2 Å². The third kappa shape index (κ3) is 2.89. The zero-order valence-corrected chi connectivity index (χ0v) is 22.1. The van der Waals surface area contributed by atoms with E-state index in [2.05, 4.69) is 31.7 Å². The van der Waals surface area contributed by atoms with Gasteiger partial charge in [-0.05, 0) is 80.7 Å². The number of carbonyl (C=O) groups is 1.